The zero-order chi connectivity index (χ0) is 17.9. The molecule has 2 aromatic rings. The van der Waals surface area contributed by atoms with Crippen molar-refractivity contribution in [3.8, 4) is 0 Å². The Morgan fingerprint density at radius 1 is 1.12 bits per heavy atom. The molecule has 2 rings (SSSR count). The van der Waals surface area contributed by atoms with E-state index in [9.17, 15) is 22.8 Å². The second-order valence-electron chi connectivity index (χ2n) is 5.35. The zero-order valence-electron chi connectivity index (χ0n) is 13.2. The smallest absolute Gasteiger partial charge is 0.406 e. The Bertz CT molecular complexity index is 748. The van der Waals surface area contributed by atoms with Gasteiger partial charge in [-0.05, 0) is 32.0 Å². The molecule has 24 heavy (non-hydrogen) atoms. The van der Waals surface area contributed by atoms with E-state index < -0.39 is 31.1 Å². The van der Waals surface area contributed by atoms with Crippen LogP contribution in [-0.2, 0) is 11.3 Å². The van der Waals surface area contributed by atoms with Gasteiger partial charge in [0.15, 0.2) is 6.61 Å². The summed E-state index contributed by atoms with van der Waals surface area (Å²) < 4.78 is 43.7. The third kappa shape index (κ3) is 4.24. The van der Waals surface area contributed by atoms with Crippen LogP contribution in [0.4, 0.5) is 13.2 Å². The first-order chi connectivity index (χ1) is 11.2. The number of esters is 1. The van der Waals surface area contributed by atoms with Crippen LogP contribution in [0.2, 0.25) is 0 Å². The van der Waals surface area contributed by atoms with Crippen molar-refractivity contribution in [3.63, 3.8) is 0 Å². The average molecular weight is 339 g/mol. The molecule has 4 nitrogen and oxygen atoms in total. The number of nitrogens with zero attached hydrogens (tertiary/aromatic N) is 1. The summed E-state index contributed by atoms with van der Waals surface area (Å²) in [4.78, 5) is 24.0. The van der Waals surface area contributed by atoms with Crippen LogP contribution in [0.1, 0.15) is 32.1 Å². The monoisotopic (exact) mass is 339 g/mol. The van der Waals surface area contributed by atoms with Crippen LogP contribution in [-0.4, -0.2) is 29.1 Å². The highest BCUT2D eigenvalue weighted by molar-refractivity contribution is 6.00. The first-order valence-corrected chi connectivity index (χ1v) is 7.18. The Balaban J connectivity index is 2.08. The van der Waals surface area contributed by atoms with Gasteiger partial charge in [0.05, 0.1) is 5.56 Å². The normalized spacial score (nSPS) is 11.4. The van der Waals surface area contributed by atoms with Gasteiger partial charge in [-0.15, -0.1) is 0 Å². The number of aryl methyl sites for hydroxylation is 1. The minimum Gasteiger partial charge on any atom is -0.454 e. The van der Waals surface area contributed by atoms with E-state index in [2.05, 4.69) is 0 Å². The van der Waals surface area contributed by atoms with Crippen LogP contribution < -0.4 is 0 Å². The van der Waals surface area contributed by atoms with E-state index in [1.165, 1.54) is 19.9 Å². The number of hydrogen-bond donors (Lipinski definition) is 0. The molecule has 0 aliphatic heterocycles. The molecule has 0 fully saturated rings. The second-order valence-corrected chi connectivity index (χ2v) is 5.35. The van der Waals surface area contributed by atoms with E-state index in [-0.39, 0.29) is 11.3 Å². The molecule has 7 heteroatoms. The molecule has 0 saturated carbocycles. The molecular formula is C17H16F3NO3. The van der Waals surface area contributed by atoms with Gasteiger partial charge < -0.3 is 9.30 Å². The highest BCUT2D eigenvalue weighted by Crippen LogP contribution is 2.23. The fourth-order valence-corrected chi connectivity index (χ4v) is 2.37. The second kappa shape index (κ2) is 6.90. The largest absolute Gasteiger partial charge is 0.454 e. The lowest BCUT2D eigenvalue weighted by Crippen LogP contribution is -2.20. The topological polar surface area (TPSA) is 48.3 Å². The van der Waals surface area contributed by atoms with Gasteiger partial charge in [0, 0.05) is 17.0 Å². The van der Waals surface area contributed by atoms with Gasteiger partial charge in [0.25, 0.3) is 0 Å². The van der Waals surface area contributed by atoms with E-state index >= 15 is 0 Å². The van der Waals surface area contributed by atoms with Crippen molar-refractivity contribution in [2.75, 3.05) is 6.61 Å². The van der Waals surface area contributed by atoms with Crippen molar-refractivity contribution in [2.45, 2.75) is 26.6 Å². The molecular weight excluding hydrogens is 323 g/mol. The maximum Gasteiger partial charge on any atom is 0.406 e. The van der Waals surface area contributed by atoms with Gasteiger partial charge in [-0.1, -0.05) is 18.2 Å². The molecule has 0 N–H and O–H groups in total. The molecule has 0 aliphatic carbocycles. The lowest BCUT2D eigenvalue weighted by atomic mass is 10.1. The molecule has 0 spiro atoms. The summed E-state index contributed by atoms with van der Waals surface area (Å²) in [5.74, 6) is -1.20. The standard InChI is InChI=1S/C17H16F3NO3/c1-11-8-14(12(2)21(11)10-17(18,19)20)15(22)9-24-16(23)13-6-4-3-5-7-13/h3-8H,9-10H2,1-2H3. The number of carbonyl (C=O) groups is 2. The van der Waals surface area contributed by atoms with E-state index in [0.717, 1.165) is 4.57 Å². The molecule has 0 unspecified atom stereocenters. The van der Waals surface area contributed by atoms with Gasteiger partial charge in [0.1, 0.15) is 6.54 Å². The number of ether oxygens (including phenoxy) is 1. The van der Waals surface area contributed by atoms with E-state index in [0.29, 0.717) is 11.3 Å². The molecule has 1 aromatic carbocycles. The van der Waals surface area contributed by atoms with Crippen molar-refractivity contribution in [1.29, 1.82) is 0 Å². The molecule has 0 saturated heterocycles. The van der Waals surface area contributed by atoms with Gasteiger partial charge in [0.2, 0.25) is 5.78 Å². The van der Waals surface area contributed by atoms with Crippen molar-refractivity contribution >= 4 is 11.8 Å². The molecule has 0 amide bonds. The number of benzene rings is 1. The quantitative estimate of drug-likeness (QED) is 0.616. The van der Waals surface area contributed by atoms with Gasteiger partial charge in [-0.2, -0.15) is 13.2 Å². The summed E-state index contributed by atoms with van der Waals surface area (Å²) in [6.07, 6.45) is -4.38. The van der Waals surface area contributed by atoms with Gasteiger partial charge in [-0.3, -0.25) is 4.79 Å². The van der Waals surface area contributed by atoms with Crippen molar-refractivity contribution in [3.05, 3.63) is 58.9 Å². The Kier molecular flexibility index (Phi) is 5.11. The number of rotatable bonds is 5. The highest BCUT2D eigenvalue weighted by Gasteiger charge is 2.30. The van der Waals surface area contributed by atoms with Crippen LogP contribution in [0, 0.1) is 13.8 Å². The maximum atomic E-state index is 12.6. The van der Waals surface area contributed by atoms with Gasteiger partial charge in [-0.25, -0.2) is 4.79 Å². The number of carbonyl (C=O) groups excluding carboxylic acids is 2. The zero-order valence-corrected chi connectivity index (χ0v) is 13.2. The number of alkyl halides is 3. The van der Waals surface area contributed by atoms with Crippen molar-refractivity contribution in [2.24, 2.45) is 0 Å². The maximum absolute atomic E-state index is 12.6. The molecule has 0 bridgehead atoms. The van der Waals surface area contributed by atoms with Crippen LogP contribution in [0.25, 0.3) is 0 Å². The van der Waals surface area contributed by atoms with Crippen LogP contribution >= 0.6 is 0 Å². The third-order valence-electron chi connectivity index (χ3n) is 3.56. The van der Waals surface area contributed by atoms with Crippen molar-refractivity contribution in [1.82, 2.24) is 4.57 Å². The van der Waals surface area contributed by atoms with E-state index in [1.54, 1.807) is 30.3 Å². The van der Waals surface area contributed by atoms with Crippen LogP contribution in [0.15, 0.2) is 36.4 Å². The Hall–Kier alpha value is -2.57. The summed E-state index contributed by atoms with van der Waals surface area (Å²) in [5.41, 5.74) is 0.943. The summed E-state index contributed by atoms with van der Waals surface area (Å²) in [5, 5.41) is 0. The number of Topliss-reactive ketones (excluding diaryl/α,β-unsaturated/α-hetero) is 1. The minimum absolute atomic E-state index is 0.123. The Morgan fingerprint density at radius 2 is 1.75 bits per heavy atom. The number of ketones is 1. The summed E-state index contributed by atoms with van der Waals surface area (Å²) in [7, 11) is 0. The van der Waals surface area contributed by atoms with E-state index in [1.807, 2.05) is 0 Å². The molecule has 1 aromatic heterocycles. The Morgan fingerprint density at radius 3 is 2.33 bits per heavy atom. The predicted octanol–water partition coefficient (Wildman–Crippen LogP) is 3.71. The number of aromatic nitrogens is 1. The summed E-state index contributed by atoms with van der Waals surface area (Å²) >= 11 is 0. The lowest BCUT2D eigenvalue weighted by molar-refractivity contribution is -0.141. The molecule has 0 aliphatic rings. The fraction of sp³-hybridized carbons (Fsp3) is 0.294. The first kappa shape index (κ1) is 17.8. The molecule has 0 atom stereocenters. The number of halogens is 3. The van der Waals surface area contributed by atoms with E-state index in [4.69, 9.17) is 4.74 Å². The minimum atomic E-state index is -4.38. The van der Waals surface area contributed by atoms with Gasteiger partial charge >= 0.3 is 12.1 Å². The lowest BCUT2D eigenvalue weighted by Gasteiger charge is -2.12. The number of hydrogen-bond acceptors (Lipinski definition) is 3. The summed E-state index contributed by atoms with van der Waals surface area (Å²) in [6, 6.07) is 9.51. The Labute approximate surface area is 136 Å². The SMILES string of the molecule is Cc1cc(C(=O)COC(=O)c2ccccc2)c(C)n1CC(F)(F)F. The fourth-order valence-electron chi connectivity index (χ4n) is 2.37. The van der Waals surface area contributed by atoms with Crippen molar-refractivity contribution < 1.29 is 27.5 Å². The highest BCUT2D eigenvalue weighted by atomic mass is 19.4. The average Bonchev–Trinajstić information content (AvgIpc) is 2.80. The molecule has 0 radical (unpaired) electrons. The summed E-state index contributed by atoms with van der Waals surface area (Å²) in [6.45, 7) is 1.24. The molecule has 128 valence electrons. The van der Waals surface area contributed by atoms with Crippen LogP contribution in [0.5, 0.6) is 0 Å². The first-order valence-electron chi connectivity index (χ1n) is 7.18. The third-order valence-corrected chi connectivity index (χ3v) is 3.56. The van der Waals surface area contributed by atoms with Crippen LogP contribution in [0.3, 0.4) is 0 Å². The molecule has 1 heterocycles. The predicted molar refractivity (Wildman–Crippen MR) is 81.0 cm³/mol.